The molecule has 0 aliphatic heterocycles. The Bertz CT molecular complexity index is 846. The van der Waals surface area contributed by atoms with E-state index in [2.05, 4.69) is 22.0 Å². The predicted octanol–water partition coefficient (Wildman–Crippen LogP) is 5.43. The molecule has 0 N–H and O–H groups in total. The lowest BCUT2D eigenvalue weighted by atomic mass is 10.1. The minimum absolute atomic E-state index is 0.616. The van der Waals surface area contributed by atoms with Gasteiger partial charge in [-0.25, -0.2) is 0 Å². The van der Waals surface area contributed by atoms with Gasteiger partial charge in [0.25, 0.3) is 0 Å². The van der Waals surface area contributed by atoms with Gasteiger partial charge in [-0.1, -0.05) is 29.8 Å². The Hall–Kier alpha value is -2.02. The fraction of sp³-hybridized carbons (Fsp3) is 0. The van der Waals surface area contributed by atoms with Crippen molar-refractivity contribution in [3.05, 3.63) is 75.9 Å². The van der Waals surface area contributed by atoms with E-state index in [1.807, 2.05) is 59.3 Å². The zero-order valence-corrected chi connectivity index (χ0v) is 13.3. The highest BCUT2D eigenvalue weighted by Gasteiger charge is 2.10. The standard InChI is InChI=1S/C17H10BrClN2/c18-15-10-13(8-7-12(15)11-20)21-9-3-6-17(21)14-4-1-2-5-16(14)19/h1-10H. The number of nitrogens with zero attached hydrogens (tertiary/aromatic N) is 2. The summed E-state index contributed by atoms with van der Waals surface area (Å²) in [7, 11) is 0. The van der Waals surface area contributed by atoms with Gasteiger partial charge < -0.3 is 4.57 Å². The molecule has 21 heavy (non-hydrogen) atoms. The molecule has 4 heteroatoms. The number of nitriles is 1. The first kappa shape index (κ1) is 13.9. The first-order valence-corrected chi connectivity index (χ1v) is 7.50. The van der Waals surface area contributed by atoms with Crippen LogP contribution in [0.3, 0.4) is 0 Å². The number of aromatic nitrogens is 1. The van der Waals surface area contributed by atoms with Crippen LogP contribution in [0.15, 0.2) is 65.3 Å². The molecule has 3 rings (SSSR count). The first-order chi connectivity index (χ1) is 10.2. The van der Waals surface area contributed by atoms with E-state index < -0.39 is 0 Å². The largest absolute Gasteiger partial charge is 0.316 e. The van der Waals surface area contributed by atoms with Crippen LogP contribution in [0.2, 0.25) is 5.02 Å². The maximum absolute atomic E-state index is 9.00. The van der Waals surface area contributed by atoms with E-state index in [9.17, 15) is 0 Å². The van der Waals surface area contributed by atoms with Crippen molar-refractivity contribution in [2.45, 2.75) is 0 Å². The van der Waals surface area contributed by atoms with Crippen LogP contribution in [0.1, 0.15) is 5.56 Å². The molecule has 2 nitrogen and oxygen atoms in total. The van der Waals surface area contributed by atoms with Gasteiger partial charge in [0.05, 0.1) is 11.3 Å². The van der Waals surface area contributed by atoms with Crippen LogP contribution >= 0.6 is 27.5 Å². The Labute approximate surface area is 136 Å². The molecule has 3 aromatic rings. The molecule has 0 bridgehead atoms. The molecule has 0 fully saturated rings. The molecular weight excluding hydrogens is 348 g/mol. The molecule has 0 radical (unpaired) electrons. The number of benzene rings is 2. The van der Waals surface area contributed by atoms with Crippen molar-refractivity contribution in [2.24, 2.45) is 0 Å². The summed E-state index contributed by atoms with van der Waals surface area (Å²) < 4.78 is 2.83. The second-order valence-corrected chi connectivity index (χ2v) is 5.78. The Morgan fingerprint density at radius 1 is 1.05 bits per heavy atom. The van der Waals surface area contributed by atoms with Crippen molar-refractivity contribution < 1.29 is 0 Å². The molecule has 0 unspecified atom stereocenters. The van der Waals surface area contributed by atoms with Crippen molar-refractivity contribution in [1.82, 2.24) is 4.57 Å². The maximum Gasteiger partial charge on any atom is 0.100 e. The zero-order chi connectivity index (χ0) is 14.8. The minimum Gasteiger partial charge on any atom is -0.316 e. The van der Waals surface area contributed by atoms with Crippen molar-refractivity contribution in [1.29, 1.82) is 5.26 Å². The zero-order valence-electron chi connectivity index (χ0n) is 10.9. The Kier molecular flexibility index (Phi) is 3.83. The smallest absolute Gasteiger partial charge is 0.100 e. The van der Waals surface area contributed by atoms with Crippen LogP contribution in [0.5, 0.6) is 0 Å². The molecule has 1 aromatic heterocycles. The van der Waals surface area contributed by atoms with Crippen LogP contribution < -0.4 is 0 Å². The average molecular weight is 358 g/mol. The summed E-state index contributed by atoms with van der Waals surface area (Å²) in [6.45, 7) is 0. The molecule has 0 spiro atoms. The average Bonchev–Trinajstić information content (AvgIpc) is 2.97. The van der Waals surface area contributed by atoms with Gasteiger partial charge in [0.1, 0.15) is 6.07 Å². The van der Waals surface area contributed by atoms with Gasteiger partial charge >= 0.3 is 0 Å². The van der Waals surface area contributed by atoms with E-state index >= 15 is 0 Å². The Balaban J connectivity index is 2.14. The third-order valence-electron chi connectivity index (χ3n) is 3.25. The lowest BCUT2D eigenvalue weighted by Gasteiger charge is -2.11. The summed E-state index contributed by atoms with van der Waals surface area (Å²) in [4.78, 5) is 0. The Morgan fingerprint density at radius 2 is 1.86 bits per heavy atom. The SMILES string of the molecule is N#Cc1ccc(-n2cccc2-c2ccccc2Cl)cc1Br. The highest BCUT2D eigenvalue weighted by atomic mass is 79.9. The highest BCUT2D eigenvalue weighted by molar-refractivity contribution is 9.10. The summed E-state index contributed by atoms with van der Waals surface area (Å²) in [6, 6.07) is 19.5. The van der Waals surface area contributed by atoms with E-state index in [0.29, 0.717) is 10.6 Å². The topological polar surface area (TPSA) is 28.7 Å². The first-order valence-electron chi connectivity index (χ1n) is 6.33. The second kappa shape index (κ2) is 5.77. The normalized spacial score (nSPS) is 10.3. The van der Waals surface area contributed by atoms with Crippen LogP contribution in [0.4, 0.5) is 0 Å². The van der Waals surface area contributed by atoms with E-state index in [0.717, 1.165) is 21.4 Å². The van der Waals surface area contributed by atoms with Gasteiger partial charge in [0.2, 0.25) is 0 Å². The molecule has 0 aliphatic carbocycles. The molecule has 1 heterocycles. The summed E-state index contributed by atoms with van der Waals surface area (Å²) in [6.07, 6.45) is 1.98. The summed E-state index contributed by atoms with van der Waals surface area (Å²) in [5, 5.41) is 9.72. The third-order valence-corrected chi connectivity index (χ3v) is 4.24. The number of rotatable bonds is 2. The molecule has 0 amide bonds. The molecule has 2 aromatic carbocycles. The molecule has 102 valence electrons. The molecule has 0 saturated carbocycles. The van der Waals surface area contributed by atoms with Crippen LogP contribution in [0.25, 0.3) is 16.9 Å². The van der Waals surface area contributed by atoms with Crippen LogP contribution in [-0.4, -0.2) is 4.57 Å². The van der Waals surface area contributed by atoms with E-state index in [1.165, 1.54) is 0 Å². The summed E-state index contributed by atoms with van der Waals surface area (Å²) in [5.74, 6) is 0. The van der Waals surface area contributed by atoms with Gasteiger partial charge in [-0.15, -0.1) is 0 Å². The van der Waals surface area contributed by atoms with Gasteiger partial charge in [-0.2, -0.15) is 5.26 Å². The highest BCUT2D eigenvalue weighted by Crippen LogP contribution is 2.31. The summed E-state index contributed by atoms with van der Waals surface area (Å²) in [5.41, 5.74) is 3.58. The van der Waals surface area contributed by atoms with Crippen molar-refractivity contribution in [2.75, 3.05) is 0 Å². The second-order valence-electron chi connectivity index (χ2n) is 4.52. The molecular formula is C17H10BrClN2. The van der Waals surface area contributed by atoms with Gasteiger partial charge in [0.15, 0.2) is 0 Å². The van der Waals surface area contributed by atoms with Crippen molar-refractivity contribution in [3.8, 4) is 23.0 Å². The van der Waals surface area contributed by atoms with Gasteiger partial charge in [-0.3, -0.25) is 0 Å². The lowest BCUT2D eigenvalue weighted by Crippen LogP contribution is -1.96. The monoisotopic (exact) mass is 356 g/mol. The van der Waals surface area contributed by atoms with E-state index in [-0.39, 0.29) is 0 Å². The molecule has 0 atom stereocenters. The number of halogens is 2. The van der Waals surface area contributed by atoms with E-state index in [4.69, 9.17) is 16.9 Å². The third kappa shape index (κ3) is 2.61. The van der Waals surface area contributed by atoms with Crippen molar-refractivity contribution in [3.63, 3.8) is 0 Å². The number of hydrogen-bond donors (Lipinski definition) is 0. The fourth-order valence-electron chi connectivity index (χ4n) is 2.24. The van der Waals surface area contributed by atoms with Crippen molar-refractivity contribution >= 4 is 27.5 Å². The maximum atomic E-state index is 9.00. The van der Waals surface area contributed by atoms with Crippen LogP contribution in [0, 0.1) is 11.3 Å². The number of hydrogen-bond acceptors (Lipinski definition) is 1. The Morgan fingerprint density at radius 3 is 2.57 bits per heavy atom. The fourth-order valence-corrected chi connectivity index (χ4v) is 2.93. The van der Waals surface area contributed by atoms with E-state index in [1.54, 1.807) is 6.07 Å². The van der Waals surface area contributed by atoms with Gasteiger partial charge in [-0.05, 0) is 52.3 Å². The summed E-state index contributed by atoms with van der Waals surface area (Å²) >= 11 is 9.71. The minimum atomic E-state index is 0.616. The quantitative estimate of drug-likeness (QED) is 0.601. The lowest BCUT2D eigenvalue weighted by molar-refractivity contribution is 1.08. The van der Waals surface area contributed by atoms with Crippen LogP contribution in [-0.2, 0) is 0 Å². The van der Waals surface area contributed by atoms with Gasteiger partial charge in [0, 0.05) is 26.9 Å². The predicted molar refractivity (Wildman–Crippen MR) is 88.6 cm³/mol. The molecule has 0 aliphatic rings. The molecule has 0 saturated heterocycles.